The van der Waals surface area contributed by atoms with Crippen LogP contribution in [0, 0.1) is 5.92 Å². The van der Waals surface area contributed by atoms with E-state index in [-0.39, 0.29) is 11.6 Å². The van der Waals surface area contributed by atoms with E-state index in [0.717, 1.165) is 50.2 Å². The van der Waals surface area contributed by atoms with Crippen LogP contribution in [-0.4, -0.2) is 24.8 Å². The number of esters is 1. The van der Waals surface area contributed by atoms with Crippen LogP contribution in [0.4, 0.5) is 0 Å². The van der Waals surface area contributed by atoms with Crippen molar-refractivity contribution < 1.29 is 14.3 Å². The zero-order valence-electron chi connectivity index (χ0n) is 17.7. The zero-order valence-corrected chi connectivity index (χ0v) is 17.7. The number of hydrogen-bond donors (Lipinski definition) is 0. The van der Waals surface area contributed by atoms with Crippen molar-refractivity contribution in [2.24, 2.45) is 5.92 Å². The van der Waals surface area contributed by atoms with Crippen molar-refractivity contribution in [1.29, 1.82) is 0 Å². The van der Waals surface area contributed by atoms with Gasteiger partial charge in [0, 0.05) is 12.7 Å². The maximum absolute atomic E-state index is 11.7. The highest BCUT2D eigenvalue weighted by Gasteiger charge is 2.22. The average molecular weight is 365 g/mol. The Balaban J connectivity index is 2.55. The first kappa shape index (κ1) is 23.0. The molecule has 0 saturated heterocycles. The molecule has 2 atom stereocenters. The van der Waals surface area contributed by atoms with E-state index in [1.54, 1.807) is 6.08 Å². The summed E-state index contributed by atoms with van der Waals surface area (Å²) in [5.74, 6) is 0.521. The molecule has 0 fully saturated rings. The molecule has 150 valence electrons. The number of hydrogen-bond acceptors (Lipinski definition) is 3. The topological polar surface area (TPSA) is 35.5 Å². The third-order valence-electron chi connectivity index (χ3n) is 5.63. The van der Waals surface area contributed by atoms with Gasteiger partial charge in [-0.1, -0.05) is 44.8 Å². The van der Waals surface area contributed by atoms with Crippen molar-refractivity contribution in [3.63, 3.8) is 0 Å². The normalized spacial score (nSPS) is 19.7. The Labute approximate surface area is 161 Å². The predicted molar refractivity (Wildman–Crippen MR) is 109 cm³/mol. The van der Waals surface area contributed by atoms with Gasteiger partial charge >= 0.3 is 5.97 Å². The summed E-state index contributed by atoms with van der Waals surface area (Å²) in [4.78, 5) is 11.7. The van der Waals surface area contributed by atoms with Crippen LogP contribution in [-0.2, 0) is 14.3 Å². The minimum absolute atomic E-state index is 0.0344. The van der Waals surface area contributed by atoms with Crippen LogP contribution in [0.2, 0.25) is 0 Å². The summed E-state index contributed by atoms with van der Waals surface area (Å²) in [6, 6.07) is 0. The number of ether oxygens (including phenoxy) is 2. The quantitative estimate of drug-likeness (QED) is 0.298. The van der Waals surface area contributed by atoms with Crippen molar-refractivity contribution in [2.75, 3.05) is 13.2 Å². The van der Waals surface area contributed by atoms with Crippen LogP contribution in [0.3, 0.4) is 0 Å². The van der Waals surface area contributed by atoms with Crippen molar-refractivity contribution in [3.8, 4) is 0 Å². The first-order valence-electron chi connectivity index (χ1n) is 10.7. The van der Waals surface area contributed by atoms with Gasteiger partial charge in [0.25, 0.3) is 0 Å². The highest BCUT2D eigenvalue weighted by atomic mass is 16.5. The Kier molecular flexibility index (Phi) is 10.9. The molecule has 0 heterocycles. The van der Waals surface area contributed by atoms with Gasteiger partial charge < -0.3 is 9.47 Å². The molecule has 3 heteroatoms. The summed E-state index contributed by atoms with van der Waals surface area (Å²) in [6.45, 7) is 11.9. The maximum atomic E-state index is 11.7. The van der Waals surface area contributed by atoms with Gasteiger partial charge in [-0.3, -0.25) is 0 Å². The zero-order chi connectivity index (χ0) is 19.4. The van der Waals surface area contributed by atoms with E-state index < -0.39 is 0 Å². The van der Waals surface area contributed by atoms with Crippen LogP contribution >= 0.6 is 0 Å². The lowest BCUT2D eigenvalue weighted by atomic mass is 9.84. The van der Waals surface area contributed by atoms with Gasteiger partial charge in [0.2, 0.25) is 0 Å². The Morgan fingerprint density at radius 1 is 1.23 bits per heavy atom. The van der Waals surface area contributed by atoms with Crippen LogP contribution in [0.25, 0.3) is 0 Å². The predicted octanol–water partition coefficient (Wildman–Crippen LogP) is 6.38. The fraction of sp³-hybridized carbons (Fsp3) is 0.783. The summed E-state index contributed by atoms with van der Waals surface area (Å²) < 4.78 is 11.0. The Morgan fingerprint density at radius 3 is 2.62 bits per heavy atom. The summed E-state index contributed by atoms with van der Waals surface area (Å²) >= 11 is 0. The molecule has 0 spiro atoms. The molecular weight excluding hydrogens is 324 g/mol. The highest BCUT2D eigenvalue weighted by Crippen LogP contribution is 2.31. The van der Waals surface area contributed by atoms with Crippen LogP contribution in [0.15, 0.2) is 23.3 Å². The number of allylic oxidation sites excluding steroid dienone is 3. The van der Waals surface area contributed by atoms with E-state index in [2.05, 4.69) is 33.8 Å². The Bertz CT molecular complexity index is 478. The summed E-state index contributed by atoms with van der Waals surface area (Å²) in [6.07, 6.45) is 14.3. The molecule has 0 radical (unpaired) electrons. The van der Waals surface area contributed by atoms with Crippen LogP contribution in [0.5, 0.6) is 0 Å². The van der Waals surface area contributed by atoms with Gasteiger partial charge in [0.05, 0.1) is 12.2 Å². The van der Waals surface area contributed by atoms with Gasteiger partial charge in [-0.2, -0.15) is 0 Å². The molecule has 0 saturated carbocycles. The van der Waals surface area contributed by atoms with Gasteiger partial charge in [0.1, 0.15) is 0 Å². The molecule has 26 heavy (non-hydrogen) atoms. The van der Waals surface area contributed by atoms with Gasteiger partial charge in [-0.15, -0.1) is 0 Å². The molecule has 0 aromatic carbocycles. The first-order chi connectivity index (χ1) is 12.5. The van der Waals surface area contributed by atoms with E-state index in [0.29, 0.717) is 6.61 Å². The maximum Gasteiger partial charge on any atom is 0.331 e. The highest BCUT2D eigenvalue weighted by molar-refractivity contribution is 5.83. The second-order valence-corrected chi connectivity index (χ2v) is 7.73. The van der Waals surface area contributed by atoms with E-state index in [4.69, 9.17) is 9.47 Å². The molecule has 1 aliphatic rings. The lowest BCUT2D eigenvalue weighted by Gasteiger charge is -2.29. The Hall–Kier alpha value is -1.09. The lowest BCUT2D eigenvalue weighted by molar-refractivity contribution is -0.137. The van der Waals surface area contributed by atoms with Crippen molar-refractivity contribution in [1.82, 2.24) is 0 Å². The molecule has 2 unspecified atom stereocenters. The van der Waals surface area contributed by atoms with E-state index in [1.165, 1.54) is 31.3 Å². The summed E-state index contributed by atoms with van der Waals surface area (Å²) in [7, 11) is 0. The molecule has 0 aromatic heterocycles. The average Bonchev–Trinajstić information content (AvgIpc) is 2.61. The molecule has 0 bridgehead atoms. The Morgan fingerprint density at radius 2 is 2.00 bits per heavy atom. The minimum Gasteiger partial charge on any atom is -0.463 e. The van der Waals surface area contributed by atoms with Gasteiger partial charge in [-0.25, -0.2) is 4.79 Å². The van der Waals surface area contributed by atoms with Crippen molar-refractivity contribution in [3.05, 3.63) is 23.3 Å². The standard InChI is InChI=1S/C23H40O3/c1-6-19(14-11-15-23(5,7-2)26-9-4)16-20-12-10-13-21(17-20)18-22(24)25-8-3/h17-19H,6-16H2,1-5H3/b21-18+. The second-order valence-electron chi connectivity index (χ2n) is 7.73. The van der Waals surface area contributed by atoms with Gasteiger partial charge in [0.15, 0.2) is 0 Å². The monoisotopic (exact) mass is 364 g/mol. The molecule has 3 nitrogen and oxygen atoms in total. The van der Waals surface area contributed by atoms with E-state index in [9.17, 15) is 4.79 Å². The number of carbonyl (C=O) groups excluding carboxylic acids is 1. The smallest absolute Gasteiger partial charge is 0.331 e. The molecule has 0 aromatic rings. The number of rotatable bonds is 12. The molecule has 0 amide bonds. The summed E-state index contributed by atoms with van der Waals surface area (Å²) in [5.41, 5.74) is 2.67. The third kappa shape index (κ3) is 8.53. The number of carbonyl (C=O) groups is 1. The molecule has 1 rings (SSSR count). The van der Waals surface area contributed by atoms with Gasteiger partial charge in [-0.05, 0) is 70.8 Å². The molecular formula is C23H40O3. The largest absolute Gasteiger partial charge is 0.463 e. The first-order valence-corrected chi connectivity index (χ1v) is 10.7. The third-order valence-corrected chi connectivity index (χ3v) is 5.63. The summed E-state index contributed by atoms with van der Waals surface area (Å²) in [5, 5.41) is 0. The van der Waals surface area contributed by atoms with Crippen molar-refractivity contribution >= 4 is 5.97 Å². The fourth-order valence-electron chi connectivity index (χ4n) is 3.82. The van der Waals surface area contributed by atoms with Crippen LogP contribution in [0.1, 0.15) is 92.4 Å². The van der Waals surface area contributed by atoms with Crippen molar-refractivity contribution in [2.45, 2.75) is 98.0 Å². The van der Waals surface area contributed by atoms with E-state index >= 15 is 0 Å². The minimum atomic E-state index is -0.207. The van der Waals surface area contributed by atoms with Crippen LogP contribution < -0.4 is 0 Å². The molecule has 0 aliphatic heterocycles. The lowest BCUT2D eigenvalue weighted by Crippen LogP contribution is -2.27. The molecule has 0 N–H and O–H groups in total. The fourth-order valence-corrected chi connectivity index (χ4v) is 3.82. The SMILES string of the molecule is CCOC(=O)/C=C1/C=C(CC(CC)CCCC(C)(CC)OCC)CCC1. The van der Waals surface area contributed by atoms with E-state index in [1.807, 2.05) is 6.92 Å². The molecule has 1 aliphatic carbocycles. The second kappa shape index (κ2) is 12.3.